The van der Waals surface area contributed by atoms with Gasteiger partial charge in [0.2, 0.25) is 0 Å². The normalized spacial score (nSPS) is 15.6. The Morgan fingerprint density at radius 3 is 1.59 bits per heavy atom. The lowest BCUT2D eigenvalue weighted by Crippen LogP contribution is -2.29. The SMILES string of the molecule is CC1(C)c2ccccc2-c2ccc(N(c3ccc4c(c3)C3(c5ccccc5-c5ccccc5-4)c4ccccc4-c4c3ccc3c4oc4ccccc43)c3ccccc3-c3ccccc3)cc21. The molecular weight excluding hydrogens is 799 g/mol. The van der Waals surface area contributed by atoms with E-state index >= 15 is 0 Å². The zero-order chi connectivity index (χ0) is 43.7. The molecule has 3 aliphatic carbocycles. The molecule has 0 N–H and O–H groups in total. The molecule has 11 aromatic rings. The Kier molecular flexibility index (Phi) is 7.70. The number of para-hydroxylation sites is 2. The molecule has 66 heavy (non-hydrogen) atoms. The second-order valence-corrected chi connectivity index (χ2v) is 18.7. The summed E-state index contributed by atoms with van der Waals surface area (Å²) >= 11 is 0. The first-order valence-electron chi connectivity index (χ1n) is 23.1. The zero-order valence-electron chi connectivity index (χ0n) is 36.7. The van der Waals surface area contributed by atoms with Gasteiger partial charge < -0.3 is 9.32 Å². The Bertz CT molecular complexity index is 3810. The summed E-state index contributed by atoms with van der Waals surface area (Å²) in [5.74, 6) is 0. The van der Waals surface area contributed by atoms with Crippen molar-refractivity contribution in [2.45, 2.75) is 24.7 Å². The van der Waals surface area contributed by atoms with E-state index in [2.05, 4.69) is 243 Å². The minimum absolute atomic E-state index is 0.170. The third-order valence-electron chi connectivity index (χ3n) is 15.1. The Balaban J connectivity index is 1.11. The van der Waals surface area contributed by atoms with Gasteiger partial charge in [-0.3, -0.25) is 0 Å². The van der Waals surface area contributed by atoms with Gasteiger partial charge in [-0.25, -0.2) is 0 Å². The second-order valence-electron chi connectivity index (χ2n) is 18.7. The van der Waals surface area contributed by atoms with Crippen molar-refractivity contribution in [1.29, 1.82) is 0 Å². The number of rotatable bonds is 4. The number of anilines is 3. The number of nitrogens with zero attached hydrogens (tertiary/aromatic N) is 1. The minimum Gasteiger partial charge on any atom is -0.455 e. The molecule has 0 bridgehead atoms. The third kappa shape index (κ3) is 4.91. The van der Waals surface area contributed by atoms with Gasteiger partial charge in [-0.15, -0.1) is 0 Å². The van der Waals surface area contributed by atoms with Gasteiger partial charge in [0.05, 0.1) is 11.1 Å². The molecule has 0 saturated carbocycles. The van der Waals surface area contributed by atoms with Gasteiger partial charge in [0, 0.05) is 38.7 Å². The molecule has 0 saturated heterocycles. The Morgan fingerprint density at radius 1 is 0.348 bits per heavy atom. The number of hydrogen-bond acceptors (Lipinski definition) is 2. The van der Waals surface area contributed by atoms with E-state index in [1.54, 1.807) is 0 Å². The first kappa shape index (κ1) is 37.2. The average molecular weight is 842 g/mol. The van der Waals surface area contributed by atoms with Crippen molar-refractivity contribution < 1.29 is 4.42 Å². The van der Waals surface area contributed by atoms with E-state index in [9.17, 15) is 0 Å². The van der Waals surface area contributed by atoms with Crippen LogP contribution in [0.2, 0.25) is 0 Å². The number of hydrogen-bond donors (Lipinski definition) is 0. The summed E-state index contributed by atoms with van der Waals surface area (Å²) in [6, 6.07) is 83.5. The predicted octanol–water partition coefficient (Wildman–Crippen LogP) is 17.0. The molecule has 0 fully saturated rings. The highest BCUT2D eigenvalue weighted by Gasteiger charge is 2.51. The maximum absolute atomic E-state index is 6.96. The molecule has 0 amide bonds. The quantitative estimate of drug-likeness (QED) is 0.176. The van der Waals surface area contributed by atoms with Crippen LogP contribution in [-0.4, -0.2) is 0 Å². The monoisotopic (exact) mass is 841 g/mol. The van der Waals surface area contributed by atoms with Crippen molar-refractivity contribution in [1.82, 2.24) is 0 Å². The van der Waals surface area contributed by atoms with Crippen molar-refractivity contribution in [3.8, 4) is 55.6 Å². The standard InChI is InChI=1S/C64H43NO/c1-63(2)53-27-13-8-24-47(53)49-35-33-41(38-57(49)63)65(59-30-16-11-20-43(59)40-18-4-3-5-19-40)42-32-34-48-45-22-7-6-21-44(45)46-23-9-14-28-54(46)64(58(48)39-42)55-29-15-10-26-52(55)61-56(64)37-36-51-50-25-12-17-31-60(50)66-62(51)61/h3-39H,1-2H3. The molecule has 14 rings (SSSR count). The van der Waals surface area contributed by atoms with E-state index in [0.717, 1.165) is 39.0 Å². The number of fused-ring (bicyclic) bond motifs is 19. The van der Waals surface area contributed by atoms with Gasteiger partial charge in [0.15, 0.2) is 0 Å². The highest BCUT2D eigenvalue weighted by molar-refractivity contribution is 6.13. The maximum Gasteiger partial charge on any atom is 0.143 e. The summed E-state index contributed by atoms with van der Waals surface area (Å²) in [6.45, 7) is 4.75. The van der Waals surface area contributed by atoms with Gasteiger partial charge in [-0.1, -0.05) is 202 Å². The van der Waals surface area contributed by atoms with E-state index in [0.29, 0.717) is 0 Å². The summed E-state index contributed by atoms with van der Waals surface area (Å²) in [6.07, 6.45) is 0. The highest BCUT2D eigenvalue weighted by atomic mass is 16.3. The summed E-state index contributed by atoms with van der Waals surface area (Å²) in [4.78, 5) is 2.52. The van der Waals surface area contributed by atoms with Gasteiger partial charge in [0.1, 0.15) is 11.2 Å². The van der Waals surface area contributed by atoms with Crippen LogP contribution in [0.3, 0.4) is 0 Å². The molecule has 0 aliphatic heterocycles. The van der Waals surface area contributed by atoms with Crippen LogP contribution in [0.15, 0.2) is 229 Å². The van der Waals surface area contributed by atoms with Gasteiger partial charge in [-0.05, 0) is 114 Å². The minimum atomic E-state index is -0.702. The number of furan rings is 1. The van der Waals surface area contributed by atoms with Crippen LogP contribution in [0.5, 0.6) is 0 Å². The van der Waals surface area contributed by atoms with E-state index < -0.39 is 5.41 Å². The van der Waals surface area contributed by atoms with Crippen molar-refractivity contribution in [3.05, 3.63) is 258 Å². The molecule has 310 valence electrons. The third-order valence-corrected chi connectivity index (χ3v) is 15.1. The van der Waals surface area contributed by atoms with Gasteiger partial charge >= 0.3 is 0 Å². The van der Waals surface area contributed by atoms with E-state index in [1.165, 1.54) is 89.0 Å². The van der Waals surface area contributed by atoms with Gasteiger partial charge in [0.25, 0.3) is 0 Å². The summed E-state index contributed by atoms with van der Waals surface area (Å²) in [7, 11) is 0. The summed E-state index contributed by atoms with van der Waals surface area (Å²) in [5.41, 5.74) is 24.3. The highest BCUT2D eigenvalue weighted by Crippen LogP contribution is 2.64. The van der Waals surface area contributed by atoms with Crippen LogP contribution in [0.4, 0.5) is 17.1 Å². The molecule has 1 aromatic heterocycles. The molecule has 2 heteroatoms. The van der Waals surface area contributed by atoms with E-state index in [1.807, 2.05) is 0 Å². The van der Waals surface area contributed by atoms with E-state index in [4.69, 9.17) is 4.42 Å². The van der Waals surface area contributed by atoms with E-state index in [-0.39, 0.29) is 5.41 Å². The fraction of sp³-hybridized carbons (Fsp3) is 0.0625. The van der Waals surface area contributed by atoms with Crippen LogP contribution >= 0.6 is 0 Å². The van der Waals surface area contributed by atoms with Crippen LogP contribution in [0.25, 0.3) is 77.6 Å². The topological polar surface area (TPSA) is 16.4 Å². The molecule has 2 nitrogen and oxygen atoms in total. The smallest absolute Gasteiger partial charge is 0.143 e. The average Bonchev–Trinajstić information content (AvgIpc) is 3.95. The summed E-state index contributed by atoms with van der Waals surface area (Å²) < 4.78 is 6.96. The van der Waals surface area contributed by atoms with Crippen molar-refractivity contribution in [2.24, 2.45) is 0 Å². The fourth-order valence-electron chi connectivity index (χ4n) is 12.3. The van der Waals surface area contributed by atoms with Crippen molar-refractivity contribution in [3.63, 3.8) is 0 Å². The molecule has 3 aliphatic rings. The lowest BCUT2D eigenvalue weighted by molar-refractivity contribution is 0.660. The lowest BCUT2D eigenvalue weighted by Gasteiger charge is -2.37. The predicted molar refractivity (Wildman–Crippen MR) is 273 cm³/mol. The first-order chi connectivity index (χ1) is 32.5. The van der Waals surface area contributed by atoms with Crippen LogP contribution in [-0.2, 0) is 10.8 Å². The Hall–Kier alpha value is -8.20. The largest absolute Gasteiger partial charge is 0.455 e. The van der Waals surface area contributed by atoms with Crippen LogP contribution < -0.4 is 4.90 Å². The second kappa shape index (κ2) is 13.7. The maximum atomic E-state index is 6.96. The molecule has 1 unspecified atom stereocenters. The van der Waals surface area contributed by atoms with Crippen LogP contribution in [0.1, 0.15) is 47.2 Å². The summed E-state index contributed by atoms with van der Waals surface area (Å²) in [5, 5.41) is 2.28. The zero-order valence-corrected chi connectivity index (χ0v) is 36.7. The molecule has 1 atom stereocenters. The number of benzene rings is 10. The molecule has 1 heterocycles. The molecule has 1 spiro atoms. The Labute approximate surface area is 384 Å². The molecule has 10 aromatic carbocycles. The molecule has 0 radical (unpaired) electrons. The Morgan fingerprint density at radius 2 is 0.864 bits per heavy atom. The fourth-order valence-corrected chi connectivity index (χ4v) is 12.3. The molecular formula is C64H43NO. The van der Waals surface area contributed by atoms with Crippen molar-refractivity contribution >= 4 is 39.0 Å². The van der Waals surface area contributed by atoms with Gasteiger partial charge in [-0.2, -0.15) is 0 Å². The first-order valence-corrected chi connectivity index (χ1v) is 23.1. The lowest BCUT2D eigenvalue weighted by atomic mass is 9.65. The van der Waals surface area contributed by atoms with Crippen LogP contribution in [0, 0.1) is 0 Å². The van der Waals surface area contributed by atoms with Crippen molar-refractivity contribution in [2.75, 3.05) is 4.90 Å².